The van der Waals surface area contributed by atoms with E-state index < -0.39 is 23.3 Å². The molecule has 0 N–H and O–H groups in total. The molecule has 0 atom stereocenters. The molecule has 2 aromatic carbocycles. The molecule has 31 heavy (non-hydrogen) atoms. The van der Waals surface area contributed by atoms with E-state index in [9.17, 15) is 20.2 Å². The first-order chi connectivity index (χ1) is 14.4. The van der Waals surface area contributed by atoms with Gasteiger partial charge in [0.05, 0.1) is 10.4 Å². The van der Waals surface area contributed by atoms with E-state index in [1.54, 1.807) is 34.6 Å². The van der Waals surface area contributed by atoms with Crippen LogP contribution in [0.15, 0.2) is 36.4 Å². The Morgan fingerprint density at radius 2 is 1.29 bits per heavy atom. The van der Waals surface area contributed by atoms with Crippen molar-refractivity contribution in [2.45, 2.75) is 14.8 Å². The van der Waals surface area contributed by atoms with Gasteiger partial charge in [0.2, 0.25) is 0 Å². The summed E-state index contributed by atoms with van der Waals surface area (Å²) >= 11 is -0.159. The first kappa shape index (κ1) is 23.4. The van der Waals surface area contributed by atoms with Crippen LogP contribution in [0.4, 0.5) is 11.4 Å². The van der Waals surface area contributed by atoms with Crippen molar-refractivity contribution in [2.24, 2.45) is 14.1 Å². The number of hydrogen-bond donors (Lipinski definition) is 0. The molecule has 0 bridgehead atoms. The fourth-order valence-corrected chi connectivity index (χ4v) is 8.20. The molecule has 12 heteroatoms. The number of rotatable bonds is 3. The summed E-state index contributed by atoms with van der Waals surface area (Å²) in [5.74, 6) is 0. The molecule has 0 aliphatic heterocycles. The number of nitro groups is 2. The Hall–Kier alpha value is -2.29. The van der Waals surface area contributed by atoms with Gasteiger partial charge < -0.3 is 0 Å². The van der Waals surface area contributed by atoms with Gasteiger partial charge in [-0.25, -0.2) is 0 Å². The molecule has 0 spiro atoms. The first-order valence-electron chi connectivity index (χ1n) is 9.28. The van der Waals surface area contributed by atoms with E-state index in [1.807, 2.05) is 13.1 Å². The summed E-state index contributed by atoms with van der Waals surface area (Å²) in [4.78, 5) is 27.4. The molecule has 0 fully saturated rings. The molecule has 162 valence electrons. The predicted octanol–water partition coefficient (Wildman–Crippen LogP) is 4.11. The largest absolute Gasteiger partial charge is 0.271 e. The monoisotopic (exact) mass is 644 g/mol. The Kier molecular flexibility index (Phi) is 6.55. The second-order valence-corrected chi connectivity index (χ2v) is 23.3. The van der Waals surface area contributed by atoms with E-state index in [-0.39, 0.29) is 16.3 Å². The number of halogens is 1. The second-order valence-electron chi connectivity index (χ2n) is 8.05. The quantitative estimate of drug-likeness (QED) is 0.144. The van der Waals surface area contributed by atoms with Gasteiger partial charge in [-0.15, -0.1) is 0 Å². The second kappa shape index (κ2) is 8.68. The van der Waals surface area contributed by atoms with Gasteiger partial charge in [-0.3, -0.25) is 14.8 Å². The Morgan fingerprint density at radius 1 is 0.839 bits per heavy atom. The first-order valence-corrected chi connectivity index (χ1v) is 20.3. The number of aromatic nitrogens is 4. The predicted molar refractivity (Wildman–Crippen MR) is 130 cm³/mol. The third-order valence-corrected chi connectivity index (χ3v) is 10.7. The molecule has 0 amide bonds. The molecule has 0 aliphatic carbocycles. The zero-order valence-electron chi connectivity index (χ0n) is 17.7. The number of benzene rings is 2. The molecular formula is C19H21IN6O4Sn. The molecule has 4 aromatic rings. The summed E-state index contributed by atoms with van der Waals surface area (Å²) in [5, 5.41) is 32.0. The van der Waals surface area contributed by atoms with Crippen LogP contribution in [0.2, 0.25) is 14.8 Å². The minimum atomic E-state index is -2.27. The third kappa shape index (κ3) is 4.81. The summed E-state index contributed by atoms with van der Waals surface area (Å²) in [6, 6.07) is 9.74. The molecule has 2 heterocycles. The van der Waals surface area contributed by atoms with Crippen LogP contribution in [0, 0.1) is 23.9 Å². The zero-order valence-corrected chi connectivity index (χ0v) is 22.7. The van der Waals surface area contributed by atoms with E-state index in [0.717, 1.165) is 25.5 Å². The zero-order chi connectivity index (χ0) is 23.1. The van der Waals surface area contributed by atoms with E-state index in [0.29, 0.717) is 0 Å². The average molecular weight is 643 g/mol. The minimum Gasteiger partial charge on any atom is -0.267 e. The van der Waals surface area contributed by atoms with Crippen LogP contribution in [-0.2, 0) is 14.1 Å². The van der Waals surface area contributed by atoms with Crippen molar-refractivity contribution in [2.75, 3.05) is 0 Å². The molecule has 10 nitrogen and oxygen atoms in total. The van der Waals surface area contributed by atoms with Crippen molar-refractivity contribution in [1.29, 1.82) is 0 Å². The van der Waals surface area contributed by atoms with Crippen LogP contribution < -0.4 is 3.71 Å². The summed E-state index contributed by atoms with van der Waals surface area (Å²) < 4.78 is 5.42. The smallest absolute Gasteiger partial charge is 0.267 e. The summed E-state index contributed by atoms with van der Waals surface area (Å²) in [6.45, 7) is 0. The number of aryl methyl sites for hydroxylation is 2. The molecule has 4 rings (SSSR count). The normalized spacial score (nSPS) is 11.4. The number of nitro benzene ring substituents is 2. The molecule has 2 aromatic heterocycles. The summed E-state index contributed by atoms with van der Waals surface area (Å²) in [7, 11) is 3.61. The van der Waals surface area contributed by atoms with Crippen LogP contribution in [0.1, 0.15) is 0 Å². The van der Waals surface area contributed by atoms with E-state index in [4.69, 9.17) is 0 Å². The molecule has 0 aliphatic rings. The SMILES string of the molecule is Cn1n[c]([Sn]([CH3])([CH3])[CH3])c2ccc([N+](=O)[O-])cc21.Cn1nc(I)c2ccc([N+](=O)[O-])cc21. The van der Waals surface area contributed by atoms with Gasteiger partial charge in [0, 0.05) is 24.6 Å². The van der Waals surface area contributed by atoms with Crippen LogP contribution in [-0.4, -0.2) is 47.8 Å². The van der Waals surface area contributed by atoms with Crippen molar-refractivity contribution in [3.05, 3.63) is 60.3 Å². The van der Waals surface area contributed by atoms with Crippen LogP contribution in [0.25, 0.3) is 21.8 Å². The number of fused-ring (bicyclic) bond motifs is 2. The number of nitrogens with zero attached hydrogens (tertiary/aromatic N) is 6. The third-order valence-electron chi connectivity index (χ3n) is 4.76. The number of hydrogen-bond acceptors (Lipinski definition) is 6. The van der Waals surface area contributed by atoms with Gasteiger partial charge >= 0.3 is 104 Å². The van der Waals surface area contributed by atoms with Gasteiger partial charge in [-0.1, -0.05) is 0 Å². The fourth-order valence-electron chi connectivity index (χ4n) is 3.23. The van der Waals surface area contributed by atoms with E-state index in [1.165, 1.54) is 15.8 Å². The maximum absolute atomic E-state index is 10.7. The molecule has 0 saturated heterocycles. The van der Waals surface area contributed by atoms with E-state index >= 15 is 0 Å². The van der Waals surface area contributed by atoms with Crippen molar-refractivity contribution in [1.82, 2.24) is 19.6 Å². The maximum atomic E-state index is 10.7. The van der Waals surface area contributed by atoms with E-state index in [2.05, 4.69) is 47.6 Å². The fraction of sp³-hybridized carbons (Fsp3) is 0.263. The van der Waals surface area contributed by atoms with Crippen molar-refractivity contribution in [3.63, 3.8) is 0 Å². The van der Waals surface area contributed by atoms with Gasteiger partial charge in [-0.2, -0.15) is 5.10 Å². The van der Waals surface area contributed by atoms with Crippen LogP contribution in [0.3, 0.4) is 0 Å². The van der Waals surface area contributed by atoms with Crippen molar-refractivity contribution >= 4 is 77.9 Å². The average Bonchev–Trinajstić information content (AvgIpc) is 3.18. The van der Waals surface area contributed by atoms with Crippen molar-refractivity contribution < 1.29 is 9.85 Å². The number of non-ortho nitro benzene ring substituents is 2. The maximum Gasteiger partial charge on any atom is 0.271 e. The Morgan fingerprint density at radius 3 is 1.77 bits per heavy atom. The molecule has 0 saturated carbocycles. The van der Waals surface area contributed by atoms with Gasteiger partial charge in [0.15, 0.2) is 0 Å². The van der Waals surface area contributed by atoms with Crippen LogP contribution >= 0.6 is 22.6 Å². The molecular weight excluding hydrogens is 622 g/mol. The standard InChI is InChI=1S/C8H6IN3O2.C8H6N3O2.3CH3.Sn/c1-11-7-4-5(12(13)14)2-3-6(7)8(9)10-11;1-10-8-4-7(11(12)13)3-2-6(8)5-9-10;;;;/h2-4H,1H3;2-4H,1H3;3*1H3;. The Balaban J connectivity index is 0.000000179. The summed E-state index contributed by atoms with van der Waals surface area (Å²) in [6.07, 6.45) is 0. The van der Waals surface area contributed by atoms with Crippen molar-refractivity contribution in [3.8, 4) is 0 Å². The topological polar surface area (TPSA) is 122 Å². The van der Waals surface area contributed by atoms with Gasteiger partial charge in [0.25, 0.3) is 5.69 Å². The van der Waals surface area contributed by atoms with Crippen LogP contribution in [0.5, 0.6) is 0 Å². The van der Waals surface area contributed by atoms with Gasteiger partial charge in [-0.05, 0) is 28.7 Å². The molecule has 0 radical (unpaired) electrons. The summed E-state index contributed by atoms with van der Waals surface area (Å²) in [5.41, 5.74) is 1.84. The molecule has 0 unspecified atom stereocenters. The minimum absolute atomic E-state index is 0.0944. The Labute approximate surface area is 195 Å². The Bertz CT molecular complexity index is 1320. The van der Waals surface area contributed by atoms with Gasteiger partial charge in [0.1, 0.15) is 3.70 Å².